The zero-order chi connectivity index (χ0) is 26.7. The number of carbonyl (C=O) groups is 1. The molecule has 3 rings (SSSR count). The first kappa shape index (κ1) is 27.6. The van der Waals surface area contributed by atoms with E-state index in [1.165, 1.54) is 5.38 Å². The van der Waals surface area contributed by atoms with Crippen LogP contribution in [0.4, 0.5) is 28.4 Å². The SMILES string of the molecule is CN(C)C[C@H](Nc1cc(F)c(S(=O)(=O)N(OC(=O)C(F)(F)F)c2nccs2)cc1Cl)c1ccccc1. The molecule has 0 saturated heterocycles. The highest BCUT2D eigenvalue weighted by Crippen LogP contribution is 2.35. The number of halogens is 5. The molecule has 0 unspecified atom stereocenters. The Morgan fingerprint density at radius 3 is 2.44 bits per heavy atom. The van der Waals surface area contributed by atoms with Gasteiger partial charge in [-0.1, -0.05) is 46.4 Å². The normalized spacial score (nSPS) is 12.9. The number of likely N-dealkylation sites (N-methyl/N-ethyl adjacent to an activating group) is 1. The summed E-state index contributed by atoms with van der Waals surface area (Å²) in [5.74, 6) is -4.18. The van der Waals surface area contributed by atoms with E-state index in [9.17, 15) is 26.4 Å². The van der Waals surface area contributed by atoms with E-state index in [1.54, 1.807) is 0 Å². The monoisotopic (exact) mass is 566 g/mol. The third kappa shape index (κ3) is 6.43. The van der Waals surface area contributed by atoms with Crippen LogP contribution in [-0.2, 0) is 19.7 Å². The zero-order valence-corrected chi connectivity index (χ0v) is 21.1. The molecule has 0 amide bonds. The van der Waals surface area contributed by atoms with Crippen LogP contribution in [0.2, 0.25) is 5.02 Å². The lowest BCUT2D eigenvalue weighted by molar-refractivity contribution is -0.199. The van der Waals surface area contributed by atoms with Crippen molar-refractivity contribution >= 4 is 49.7 Å². The lowest BCUT2D eigenvalue weighted by Crippen LogP contribution is -2.39. The van der Waals surface area contributed by atoms with Gasteiger partial charge in [-0.2, -0.15) is 21.6 Å². The number of alkyl halides is 3. The quantitative estimate of drug-likeness (QED) is 0.292. The molecule has 1 heterocycles. The topological polar surface area (TPSA) is 91.8 Å². The van der Waals surface area contributed by atoms with E-state index in [2.05, 4.69) is 15.1 Å². The number of carbonyl (C=O) groups excluding carboxylic acids is 1. The van der Waals surface area contributed by atoms with Crippen LogP contribution in [0.5, 0.6) is 0 Å². The van der Waals surface area contributed by atoms with Crippen molar-refractivity contribution in [2.75, 3.05) is 30.4 Å². The van der Waals surface area contributed by atoms with Crippen molar-refractivity contribution in [2.45, 2.75) is 17.1 Å². The minimum Gasteiger partial charge on any atom is -0.376 e. The van der Waals surface area contributed by atoms with Crippen LogP contribution in [0.3, 0.4) is 0 Å². The molecule has 0 aliphatic heterocycles. The Labute approximate surface area is 213 Å². The molecule has 1 N–H and O–H groups in total. The van der Waals surface area contributed by atoms with Gasteiger partial charge in [-0.05, 0) is 31.8 Å². The Morgan fingerprint density at radius 1 is 1.22 bits per heavy atom. The van der Waals surface area contributed by atoms with Crippen LogP contribution in [0.25, 0.3) is 0 Å². The molecule has 0 saturated carbocycles. The number of sulfonamides is 1. The minimum absolute atomic E-state index is 0.0388. The molecule has 0 fully saturated rings. The number of nitrogens with one attached hydrogen (secondary N) is 1. The van der Waals surface area contributed by atoms with Crippen molar-refractivity contribution in [3.63, 3.8) is 0 Å². The fraction of sp³-hybridized carbons (Fsp3) is 0.238. The van der Waals surface area contributed by atoms with Gasteiger partial charge in [0, 0.05) is 18.1 Å². The maximum absolute atomic E-state index is 15.1. The summed E-state index contributed by atoms with van der Waals surface area (Å²) in [5.41, 5.74) is 0.880. The largest absolute Gasteiger partial charge is 0.493 e. The maximum atomic E-state index is 15.1. The third-order valence-corrected chi connectivity index (χ3v) is 7.29. The van der Waals surface area contributed by atoms with Crippen LogP contribution in [0.1, 0.15) is 11.6 Å². The summed E-state index contributed by atoms with van der Waals surface area (Å²) in [6.07, 6.45) is -4.46. The number of hydrogen-bond acceptors (Lipinski definition) is 8. The molecule has 3 aromatic rings. The lowest BCUT2D eigenvalue weighted by Gasteiger charge is -2.25. The summed E-state index contributed by atoms with van der Waals surface area (Å²) in [5, 5.41) is 3.39. The Hall–Kier alpha value is -2.94. The van der Waals surface area contributed by atoms with Crippen LogP contribution >= 0.6 is 22.9 Å². The molecular weight excluding hydrogens is 548 g/mol. The van der Waals surface area contributed by atoms with Crippen LogP contribution < -0.4 is 9.79 Å². The maximum Gasteiger partial charge on any atom is 0.493 e. The molecule has 2 aromatic carbocycles. The first-order valence-electron chi connectivity index (χ1n) is 10.00. The van der Waals surface area contributed by atoms with Crippen LogP contribution in [0, 0.1) is 5.82 Å². The van der Waals surface area contributed by atoms with Crippen molar-refractivity contribution in [3.05, 3.63) is 70.4 Å². The van der Waals surface area contributed by atoms with E-state index in [-0.39, 0.29) is 21.2 Å². The highest BCUT2D eigenvalue weighted by molar-refractivity contribution is 7.92. The summed E-state index contributed by atoms with van der Waals surface area (Å²) in [6.45, 7) is 0.466. The van der Waals surface area contributed by atoms with E-state index in [4.69, 9.17) is 11.6 Å². The molecule has 0 aliphatic rings. The lowest BCUT2D eigenvalue weighted by atomic mass is 10.1. The Morgan fingerprint density at radius 2 is 1.89 bits per heavy atom. The molecule has 0 spiro atoms. The highest BCUT2D eigenvalue weighted by atomic mass is 35.5. The molecule has 1 aromatic heterocycles. The number of anilines is 2. The van der Waals surface area contributed by atoms with E-state index < -0.39 is 38.0 Å². The summed E-state index contributed by atoms with van der Waals surface area (Å²) >= 11 is 6.81. The second-order valence-corrected chi connectivity index (χ2v) is 10.6. The van der Waals surface area contributed by atoms with E-state index in [0.717, 1.165) is 17.8 Å². The highest BCUT2D eigenvalue weighted by Gasteiger charge is 2.46. The van der Waals surface area contributed by atoms with Gasteiger partial charge in [-0.25, -0.2) is 14.2 Å². The fourth-order valence-electron chi connectivity index (χ4n) is 3.02. The number of rotatable bonds is 9. The fourth-order valence-corrected chi connectivity index (χ4v) is 5.39. The Bertz CT molecular complexity index is 1310. The predicted octanol–water partition coefficient (Wildman–Crippen LogP) is 4.87. The molecule has 1 atom stereocenters. The van der Waals surface area contributed by atoms with Gasteiger partial charge in [0.1, 0.15) is 10.7 Å². The van der Waals surface area contributed by atoms with Crippen molar-refractivity contribution < 1.29 is 35.6 Å². The van der Waals surface area contributed by atoms with Crippen molar-refractivity contribution in [3.8, 4) is 0 Å². The van der Waals surface area contributed by atoms with E-state index in [0.29, 0.717) is 23.9 Å². The van der Waals surface area contributed by atoms with E-state index >= 15 is 4.39 Å². The first-order valence-corrected chi connectivity index (χ1v) is 12.7. The number of aromatic nitrogens is 1. The molecule has 0 radical (unpaired) electrons. The van der Waals surface area contributed by atoms with Crippen LogP contribution in [-0.4, -0.2) is 51.1 Å². The smallest absolute Gasteiger partial charge is 0.376 e. The molecular formula is C21H19ClF4N4O4S2. The minimum atomic E-state index is -5.52. The predicted molar refractivity (Wildman–Crippen MR) is 127 cm³/mol. The second-order valence-electron chi connectivity index (χ2n) is 7.56. The summed E-state index contributed by atoms with van der Waals surface area (Å²) in [7, 11) is -1.56. The first-order chi connectivity index (χ1) is 16.8. The standard InChI is InChI=1S/C21H19ClF4N4O4S2/c1-29(2)12-17(13-6-4-3-5-7-13)28-16-11-15(23)18(10-14(16)22)36(32,33)30(20-27-8-9-35-20)34-19(31)21(24,25)26/h3-11,17,28H,12H2,1-2H3/t17-/m0/s1. The van der Waals surface area contributed by atoms with Gasteiger partial charge in [-0.15, -0.1) is 11.3 Å². The molecule has 0 bridgehead atoms. The Kier molecular flexibility index (Phi) is 8.44. The van der Waals surface area contributed by atoms with Gasteiger partial charge in [0.15, 0.2) is 0 Å². The van der Waals surface area contributed by atoms with Gasteiger partial charge in [-0.3, -0.25) is 0 Å². The number of benzene rings is 2. The van der Waals surface area contributed by atoms with Gasteiger partial charge >= 0.3 is 22.2 Å². The van der Waals surface area contributed by atoms with Crippen molar-refractivity contribution in [1.29, 1.82) is 0 Å². The Balaban J connectivity index is 2.00. The van der Waals surface area contributed by atoms with E-state index in [1.807, 2.05) is 49.3 Å². The van der Waals surface area contributed by atoms with Gasteiger partial charge in [0.05, 0.1) is 16.8 Å². The second kappa shape index (κ2) is 11.0. The molecule has 36 heavy (non-hydrogen) atoms. The zero-order valence-electron chi connectivity index (χ0n) is 18.7. The van der Waals surface area contributed by atoms with Crippen molar-refractivity contribution in [1.82, 2.24) is 9.88 Å². The summed E-state index contributed by atoms with van der Waals surface area (Å²) in [6, 6.07) is 10.3. The molecule has 194 valence electrons. The number of nitrogens with zero attached hydrogens (tertiary/aromatic N) is 3. The number of hydrogen-bond donors (Lipinski definition) is 1. The van der Waals surface area contributed by atoms with Gasteiger partial charge < -0.3 is 15.1 Å². The van der Waals surface area contributed by atoms with Gasteiger partial charge in [0.2, 0.25) is 5.13 Å². The third-order valence-electron chi connectivity index (χ3n) is 4.57. The summed E-state index contributed by atoms with van der Waals surface area (Å²) in [4.78, 5) is 19.8. The summed E-state index contributed by atoms with van der Waals surface area (Å²) < 4.78 is 79.2. The van der Waals surface area contributed by atoms with Crippen molar-refractivity contribution in [2.24, 2.45) is 0 Å². The average molecular weight is 567 g/mol. The average Bonchev–Trinajstić information content (AvgIpc) is 3.32. The van der Waals surface area contributed by atoms with Gasteiger partial charge in [0.25, 0.3) is 0 Å². The molecule has 0 aliphatic carbocycles. The number of thiazole rings is 1. The van der Waals surface area contributed by atoms with Crippen LogP contribution in [0.15, 0.2) is 58.9 Å². The molecule has 8 nitrogen and oxygen atoms in total. The molecule has 15 heteroatoms.